The van der Waals surface area contributed by atoms with Crippen molar-refractivity contribution in [3.8, 4) is 0 Å². The molecule has 1 rings (SSSR count). The van der Waals surface area contributed by atoms with Crippen LogP contribution in [-0.2, 0) is 9.59 Å². The summed E-state index contributed by atoms with van der Waals surface area (Å²) in [5, 5.41) is 8.57. The number of carbonyl (C=O) groups is 2. The molecule has 0 heterocycles. The molecule has 0 bridgehead atoms. The molecule has 1 N–H and O–H groups in total. The first-order valence-corrected chi connectivity index (χ1v) is 4.62. The molecule has 1 aliphatic rings. The summed E-state index contributed by atoms with van der Waals surface area (Å²) >= 11 is 0. The molecular formula is C10H14O3. The Morgan fingerprint density at radius 3 is 3.00 bits per heavy atom. The molecule has 0 aromatic heterocycles. The van der Waals surface area contributed by atoms with Crippen LogP contribution in [0.25, 0.3) is 0 Å². The summed E-state index contributed by atoms with van der Waals surface area (Å²) in [6, 6.07) is 0. The summed E-state index contributed by atoms with van der Waals surface area (Å²) in [5.41, 5.74) is 0. The van der Waals surface area contributed by atoms with Crippen molar-refractivity contribution in [1.29, 1.82) is 0 Å². The Labute approximate surface area is 77.4 Å². The first-order valence-electron chi connectivity index (χ1n) is 4.62. The van der Waals surface area contributed by atoms with E-state index in [1.54, 1.807) is 0 Å². The second kappa shape index (κ2) is 4.80. The normalized spacial score (nSPS) is 23.7. The SMILES string of the molecule is O=C(O)CC1CCCCC=CC1=O. The van der Waals surface area contributed by atoms with E-state index in [1.165, 1.54) is 6.08 Å². The van der Waals surface area contributed by atoms with Gasteiger partial charge in [0.05, 0.1) is 6.42 Å². The lowest BCUT2D eigenvalue weighted by molar-refractivity contribution is -0.140. The van der Waals surface area contributed by atoms with Crippen LogP contribution >= 0.6 is 0 Å². The first kappa shape index (κ1) is 9.96. The van der Waals surface area contributed by atoms with E-state index in [0.29, 0.717) is 0 Å². The lowest BCUT2D eigenvalue weighted by Crippen LogP contribution is -2.17. The predicted molar refractivity (Wildman–Crippen MR) is 48.4 cm³/mol. The van der Waals surface area contributed by atoms with Crippen molar-refractivity contribution in [2.45, 2.75) is 32.1 Å². The molecule has 0 aliphatic heterocycles. The average molecular weight is 182 g/mol. The number of hydrogen-bond acceptors (Lipinski definition) is 2. The van der Waals surface area contributed by atoms with E-state index in [4.69, 9.17) is 5.11 Å². The minimum Gasteiger partial charge on any atom is -0.481 e. The van der Waals surface area contributed by atoms with Gasteiger partial charge in [-0.15, -0.1) is 0 Å². The topological polar surface area (TPSA) is 54.4 Å². The summed E-state index contributed by atoms with van der Waals surface area (Å²) in [4.78, 5) is 21.8. The van der Waals surface area contributed by atoms with Gasteiger partial charge >= 0.3 is 5.97 Å². The van der Waals surface area contributed by atoms with Gasteiger partial charge in [-0.2, -0.15) is 0 Å². The van der Waals surface area contributed by atoms with Gasteiger partial charge in [0.1, 0.15) is 0 Å². The number of aliphatic carboxylic acids is 1. The lowest BCUT2D eigenvalue weighted by Gasteiger charge is -2.12. The van der Waals surface area contributed by atoms with Crippen LogP contribution in [0.2, 0.25) is 0 Å². The van der Waals surface area contributed by atoms with Gasteiger partial charge in [-0.3, -0.25) is 9.59 Å². The molecule has 13 heavy (non-hydrogen) atoms. The van der Waals surface area contributed by atoms with E-state index in [-0.39, 0.29) is 18.1 Å². The summed E-state index contributed by atoms with van der Waals surface area (Å²) in [6.45, 7) is 0. The van der Waals surface area contributed by atoms with Crippen molar-refractivity contribution in [3.63, 3.8) is 0 Å². The first-order chi connectivity index (χ1) is 6.20. The van der Waals surface area contributed by atoms with Crippen molar-refractivity contribution in [3.05, 3.63) is 12.2 Å². The molecule has 0 amide bonds. The number of carbonyl (C=O) groups excluding carboxylic acids is 1. The molecule has 3 heteroatoms. The zero-order valence-corrected chi connectivity index (χ0v) is 7.53. The summed E-state index contributed by atoms with van der Waals surface area (Å²) < 4.78 is 0. The lowest BCUT2D eigenvalue weighted by atomic mass is 9.91. The molecule has 0 saturated heterocycles. The maximum absolute atomic E-state index is 11.4. The zero-order valence-electron chi connectivity index (χ0n) is 7.53. The Balaban J connectivity index is 2.57. The minimum absolute atomic E-state index is 0.0246. The molecule has 0 spiro atoms. The van der Waals surface area contributed by atoms with E-state index < -0.39 is 5.97 Å². The highest BCUT2D eigenvalue weighted by Gasteiger charge is 2.19. The third-order valence-corrected chi connectivity index (χ3v) is 2.28. The maximum atomic E-state index is 11.4. The average Bonchev–Trinajstić information content (AvgIpc) is 2.04. The van der Waals surface area contributed by atoms with Crippen LogP contribution in [0.1, 0.15) is 32.1 Å². The quantitative estimate of drug-likeness (QED) is 0.708. The third kappa shape index (κ3) is 3.40. The number of rotatable bonds is 2. The van der Waals surface area contributed by atoms with Crippen LogP contribution in [0.5, 0.6) is 0 Å². The molecule has 72 valence electrons. The maximum Gasteiger partial charge on any atom is 0.304 e. The number of allylic oxidation sites excluding steroid dienone is 2. The van der Waals surface area contributed by atoms with E-state index in [9.17, 15) is 9.59 Å². The smallest absolute Gasteiger partial charge is 0.304 e. The van der Waals surface area contributed by atoms with Crippen LogP contribution in [0.15, 0.2) is 12.2 Å². The monoisotopic (exact) mass is 182 g/mol. The molecular weight excluding hydrogens is 168 g/mol. The Hall–Kier alpha value is -1.12. The predicted octanol–water partition coefficient (Wildman–Crippen LogP) is 1.78. The van der Waals surface area contributed by atoms with E-state index in [1.807, 2.05) is 6.08 Å². The van der Waals surface area contributed by atoms with Gasteiger partial charge in [0.15, 0.2) is 5.78 Å². The van der Waals surface area contributed by atoms with Gasteiger partial charge in [0.2, 0.25) is 0 Å². The second-order valence-electron chi connectivity index (χ2n) is 3.38. The third-order valence-electron chi connectivity index (χ3n) is 2.28. The summed E-state index contributed by atoms with van der Waals surface area (Å²) in [5.74, 6) is -1.21. The molecule has 0 aromatic carbocycles. The van der Waals surface area contributed by atoms with Crippen LogP contribution in [0.3, 0.4) is 0 Å². The number of carboxylic acid groups (broad SMARTS) is 1. The fourth-order valence-electron chi connectivity index (χ4n) is 1.54. The molecule has 0 radical (unpaired) electrons. The Bertz CT molecular complexity index is 230. The van der Waals surface area contributed by atoms with Crippen LogP contribution in [-0.4, -0.2) is 16.9 Å². The molecule has 0 fully saturated rings. The fraction of sp³-hybridized carbons (Fsp3) is 0.600. The van der Waals surface area contributed by atoms with E-state index >= 15 is 0 Å². The van der Waals surface area contributed by atoms with Crippen molar-refractivity contribution in [1.82, 2.24) is 0 Å². The summed E-state index contributed by atoms with van der Waals surface area (Å²) in [6.07, 6.45) is 7.02. The van der Waals surface area contributed by atoms with E-state index in [0.717, 1.165) is 25.7 Å². The van der Waals surface area contributed by atoms with Crippen LogP contribution in [0.4, 0.5) is 0 Å². The van der Waals surface area contributed by atoms with E-state index in [2.05, 4.69) is 0 Å². The highest BCUT2D eigenvalue weighted by Crippen LogP contribution is 2.18. The second-order valence-corrected chi connectivity index (χ2v) is 3.38. The molecule has 1 atom stereocenters. The highest BCUT2D eigenvalue weighted by molar-refractivity contribution is 5.93. The molecule has 3 nitrogen and oxygen atoms in total. The molecule has 0 aromatic rings. The van der Waals surface area contributed by atoms with Crippen molar-refractivity contribution < 1.29 is 14.7 Å². The van der Waals surface area contributed by atoms with Gasteiger partial charge in [0, 0.05) is 5.92 Å². The zero-order chi connectivity index (χ0) is 9.68. The standard InChI is InChI=1S/C10H14O3/c11-9-6-4-2-1-3-5-8(9)7-10(12)13/h4,6,8H,1-3,5,7H2,(H,12,13). The number of ketones is 1. The largest absolute Gasteiger partial charge is 0.481 e. The Morgan fingerprint density at radius 1 is 1.54 bits per heavy atom. The van der Waals surface area contributed by atoms with Gasteiger partial charge < -0.3 is 5.11 Å². The van der Waals surface area contributed by atoms with Crippen molar-refractivity contribution >= 4 is 11.8 Å². The minimum atomic E-state index is -0.882. The van der Waals surface area contributed by atoms with Crippen LogP contribution < -0.4 is 0 Å². The highest BCUT2D eigenvalue weighted by atomic mass is 16.4. The molecule has 1 aliphatic carbocycles. The Morgan fingerprint density at radius 2 is 2.31 bits per heavy atom. The van der Waals surface area contributed by atoms with Gasteiger partial charge in [0.25, 0.3) is 0 Å². The summed E-state index contributed by atoms with van der Waals surface area (Å²) in [7, 11) is 0. The molecule has 1 unspecified atom stereocenters. The van der Waals surface area contributed by atoms with Crippen molar-refractivity contribution in [2.24, 2.45) is 5.92 Å². The number of hydrogen-bond donors (Lipinski definition) is 1. The molecule has 0 saturated carbocycles. The van der Waals surface area contributed by atoms with Gasteiger partial charge in [-0.1, -0.05) is 12.5 Å². The van der Waals surface area contributed by atoms with Gasteiger partial charge in [-0.05, 0) is 25.3 Å². The van der Waals surface area contributed by atoms with Gasteiger partial charge in [-0.25, -0.2) is 0 Å². The fourth-order valence-corrected chi connectivity index (χ4v) is 1.54. The van der Waals surface area contributed by atoms with Crippen LogP contribution in [0, 0.1) is 5.92 Å². The van der Waals surface area contributed by atoms with Crippen molar-refractivity contribution in [2.75, 3.05) is 0 Å². The number of carboxylic acids is 1. The Kier molecular flexibility index (Phi) is 3.68.